The average Bonchev–Trinajstić information content (AvgIpc) is 3.02. The molecule has 20 heavy (non-hydrogen) atoms. The number of amidine groups is 1. The lowest BCUT2D eigenvalue weighted by Gasteiger charge is -2.13. The minimum atomic E-state index is 0.815. The molecule has 0 unspecified atom stereocenters. The molecule has 0 atom stereocenters. The molecule has 0 saturated heterocycles. The van der Waals surface area contributed by atoms with Crippen LogP contribution in [0.5, 0.6) is 0 Å². The molecule has 0 bridgehead atoms. The maximum absolute atomic E-state index is 6.39. The quantitative estimate of drug-likeness (QED) is 0.876. The number of likely N-dealkylation sites (N-methyl/N-ethyl adjacent to an activating group) is 1. The van der Waals surface area contributed by atoms with E-state index in [2.05, 4.69) is 22.3 Å². The molecule has 5 heteroatoms. The van der Waals surface area contributed by atoms with Gasteiger partial charge in [-0.2, -0.15) is 0 Å². The van der Waals surface area contributed by atoms with Crippen LogP contribution in [0.15, 0.2) is 21.5 Å². The highest BCUT2D eigenvalue weighted by Gasteiger charge is 2.26. The molecule has 4 rings (SSSR count). The van der Waals surface area contributed by atoms with Crippen LogP contribution in [0.2, 0.25) is 5.02 Å². The van der Waals surface area contributed by atoms with Crippen LogP contribution in [0.3, 0.4) is 0 Å². The van der Waals surface area contributed by atoms with Crippen molar-refractivity contribution in [1.82, 2.24) is 10.2 Å². The molecule has 0 saturated carbocycles. The maximum Gasteiger partial charge on any atom is 0.174 e. The Morgan fingerprint density at radius 1 is 1.35 bits per heavy atom. The standard InChI is InChI=1S/C15H16ClN3O/c1-19-7-4-9-11(16)2-3-12-13(9)10(8-19)14(20-12)15-17-5-6-18-15/h2-3H,4-8H2,1H3,(H,17,18). The first-order valence-electron chi connectivity index (χ1n) is 6.94. The van der Waals surface area contributed by atoms with Crippen LogP contribution in [-0.4, -0.2) is 37.4 Å². The number of rotatable bonds is 1. The Bertz CT molecular complexity index is 719. The van der Waals surface area contributed by atoms with E-state index < -0.39 is 0 Å². The number of furan rings is 1. The third kappa shape index (κ3) is 1.75. The van der Waals surface area contributed by atoms with Crippen molar-refractivity contribution >= 4 is 28.4 Å². The van der Waals surface area contributed by atoms with Crippen molar-refractivity contribution in [3.8, 4) is 0 Å². The highest BCUT2D eigenvalue weighted by atomic mass is 35.5. The zero-order valence-corrected chi connectivity index (χ0v) is 12.1. The fourth-order valence-electron chi connectivity index (χ4n) is 3.09. The Hall–Kier alpha value is -1.52. The minimum Gasteiger partial charge on any atom is -0.452 e. The van der Waals surface area contributed by atoms with Gasteiger partial charge in [0.15, 0.2) is 11.6 Å². The highest BCUT2D eigenvalue weighted by molar-refractivity contribution is 6.32. The van der Waals surface area contributed by atoms with Gasteiger partial charge < -0.3 is 14.6 Å². The molecule has 1 N–H and O–H groups in total. The van der Waals surface area contributed by atoms with E-state index in [4.69, 9.17) is 16.0 Å². The average molecular weight is 290 g/mol. The minimum absolute atomic E-state index is 0.815. The predicted molar refractivity (Wildman–Crippen MR) is 80.7 cm³/mol. The molecule has 2 aliphatic heterocycles. The summed E-state index contributed by atoms with van der Waals surface area (Å²) in [6, 6.07) is 3.90. The molecule has 4 nitrogen and oxygen atoms in total. The Labute approximate surface area is 122 Å². The fourth-order valence-corrected chi connectivity index (χ4v) is 3.34. The first kappa shape index (κ1) is 12.2. The van der Waals surface area contributed by atoms with E-state index in [0.717, 1.165) is 54.8 Å². The number of nitrogens with one attached hydrogen (secondary N) is 1. The molecular formula is C15H16ClN3O. The van der Waals surface area contributed by atoms with Crippen molar-refractivity contribution in [1.29, 1.82) is 0 Å². The van der Waals surface area contributed by atoms with Gasteiger partial charge in [-0.3, -0.25) is 4.99 Å². The van der Waals surface area contributed by atoms with E-state index in [1.807, 2.05) is 12.1 Å². The second kappa shape index (κ2) is 4.50. The monoisotopic (exact) mass is 289 g/mol. The van der Waals surface area contributed by atoms with Gasteiger partial charge >= 0.3 is 0 Å². The predicted octanol–water partition coefficient (Wildman–Crippen LogP) is 2.42. The molecular weight excluding hydrogens is 274 g/mol. The molecule has 0 aliphatic carbocycles. The Morgan fingerprint density at radius 2 is 2.25 bits per heavy atom. The molecule has 2 aliphatic rings. The lowest BCUT2D eigenvalue weighted by molar-refractivity contribution is 0.334. The zero-order valence-electron chi connectivity index (χ0n) is 11.4. The third-order valence-corrected chi connectivity index (χ3v) is 4.42. The smallest absolute Gasteiger partial charge is 0.174 e. The number of hydrogen-bond donors (Lipinski definition) is 1. The molecule has 0 amide bonds. The van der Waals surface area contributed by atoms with E-state index in [1.165, 1.54) is 16.5 Å². The van der Waals surface area contributed by atoms with Crippen molar-refractivity contribution in [3.63, 3.8) is 0 Å². The van der Waals surface area contributed by atoms with Gasteiger partial charge in [-0.05, 0) is 31.2 Å². The molecule has 1 aromatic heterocycles. The van der Waals surface area contributed by atoms with Crippen LogP contribution < -0.4 is 5.32 Å². The van der Waals surface area contributed by atoms with E-state index in [-0.39, 0.29) is 0 Å². The first-order chi connectivity index (χ1) is 9.74. The number of hydrogen-bond acceptors (Lipinski definition) is 4. The number of aliphatic imine (C=N–C) groups is 1. The van der Waals surface area contributed by atoms with Gasteiger partial charge in [0.25, 0.3) is 0 Å². The van der Waals surface area contributed by atoms with Gasteiger partial charge in [-0.15, -0.1) is 0 Å². The third-order valence-electron chi connectivity index (χ3n) is 4.07. The van der Waals surface area contributed by atoms with E-state index in [9.17, 15) is 0 Å². The molecule has 104 valence electrons. The van der Waals surface area contributed by atoms with Crippen molar-refractivity contribution in [2.24, 2.45) is 4.99 Å². The maximum atomic E-state index is 6.39. The summed E-state index contributed by atoms with van der Waals surface area (Å²) >= 11 is 6.39. The molecule has 2 aromatic rings. The van der Waals surface area contributed by atoms with Gasteiger partial charge in [-0.1, -0.05) is 11.6 Å². The van der Waals surface area contributed by atoms with Crippen LogP contribution in [0, 0.1) is 0 Å². The lowest BCUT2D eigenvalue weighted by Crippen LogP contribution is -2.23. The zero-order chi connectivity index (χ0) is 13.7. The largest absolute Gasteiger partial charge is 0.452 e. The molecule has 3 heterocycles. The fraction of sp³-hybridized carbons (Fsp3) is 0.400. The Morgan fingerprint density at radius 3 is 3.05 bits per heavy atom. The van der Waals surface area contributed by atoms with E-state index in [0.29, 0.717) is 0 Å². The summed E-state index contributed by atoms with van der Waals surface area (Å²) in [5, 5.41) is 5.33. The molecule has 0 fully saturated rings. The Balaban J connectivity index is 2.01. The van der Waals surface area contributed by atoms with Gasteiger partial charge in [0.2, 0.25) is 0 Å². The van der Waals surface area contributed by atoms with Crippen LogP contribution in [-0.2, 0) is 13.0 Å². The number of nitrogens with zero attached hydrogens (tertiary/aromatic N) is 2. The second-order valence-corrected chi connectivity index (χ2v) is 5.86. The van der Waals surface area contributed by atoms with Gasteiger partial charge in [0.05, 0.1) is 6.54 Å². The van der Waals surface area contributed by atoms with Crippen molar-refractivity contribution in [2.75, 3.05) is 26.7 Å². The second-order valence-electron chi connectivity index (χ2n) is 5.45. The SMILES string of the molecule is CN1CCc2c(Cl)ccc3oc(C4=NCCN4)c(c23)C1. The van der Waals surface area contributed by atoms with Gasteiger partial charge in [0.1, 0.15) is 5.58 Å². The molecule has 0 radical (unpaired) electrons. The Kier molecular flexibility index (Phi) is 2.75. The number of benzene rings is 1. The summed E-state index contributed by atoms with van der Waals surface area (Å²) in [4.78, 5) is 6.81. The summed E-state index contributed by atoms with van der Waals surface area (Å²) in [6.07, 6.45) is 0.957. The summed E-state index contributed by atoms with van der Waals surface area (Å²) in [6.45, 7) is 3.58. The summed E-state index contributed by atoms with van der Waals surface area (Å²) < 4.78 is 6.08. The van der Waals surface area contributed by atoms with Crippen LogP contribution >= 0.6 is 11.6 Å². The topological polar surface area (TPSA) is 40.8 Å². The summed E-state index contributed by atoms with van der Waals surface area (Å²) in [5.41, 5.74) is 3.34. The summed E-state index contributed by atoms with van der Waals surface area (Å²) in [7, 11) is 2.13. The molecule has 1 aromatic carbocycles. The van der Waals surface area contributed by atoms with Crippen molar-refractivity contribution in [2.45, 2.75) is 13.0 Å². The van der Waals surface area contributed by atoms with Crippen LogP contribution in [0.4, 0.5) is 0 Å². The van der Waals surface area contributed by atoms with Crippen LogP contribution in [0.1, 0.15) is 16.9 Å². The van der Waals surface area contributed by atoms with E-state index in [1.54, 1.807) is 0 Å². The van der Waals surface area contributed by atoms with Gasteiger partial charge in [0, 0.05) is 35.6 Å². The highest BCUT2D eigenvalue weighted by Crippen LogP contribution is 2.36. The number of halogens is 1. The van der Waals surface area contributed by atoms with Gasteiger partial charge in [-0.25, -0.2) is 0 Å². The van der Waals surface area contributed by atoms with Crippen molar-refractivity contribution < 1.29 is 4.42 Å². The molecule has 0 spiro atoms. The lowest BCUT2D eigenvalue weighted by atomic mass is 10.0. The first-order valence-corrected chi connectivity index (χ1v) is 7.32. The van der Waals surface area contributed by atoms with E-state index >= 15 is 0 Å². The summed E-state index contributed by atoms with van der Waals surface area (Å²) in [5.74, 6) is 1.77. The van der Waals surface area contributed by atoms with Crippen LogP contribution in [0.25, 0.3) is 11.0 Å². The van der Waals surface area contributed by atoms with Crippen molar-refractivity contribution in [3.05, 3.63) is 34.0 Å². The normalized spacial score (nSPS) is 19.0.